The van der Waals surface area contributed by atoms with E-state index in [1.165, 1.54) is 41.7 Å². The predicted octanol–water partition coefficient (Wildman–Crippen LogP) is 3.34. The van der Waals surface area contributed by atoms with Gasteiger partial charge in [0.1, 0.15) is 5.82 Å². The van der Waals surface area contributed by atoms with E-state index < -0.39 is 10.0 Å². The molecule has 8 heteroatoms. The number of thiophene rings is 1. The summed E-state index contributed by atoms with van der Waals surface area (Å²) in [7, 11) is -3.72. The van der Waals surface area contributed by atoms with E-state index in [9.17, 15) is 17.6 Å². The average molecular weight is 419 g/mol. The minimum absolute atomic E-state index is 0.0373. The quantitative estimate of drug-likeness (QED) is 0.589. The second kappa shape index (κ2) is 9.09. The van der Waals surface area contributed by atoms with E-state index >= 15 is 0 Å². The Labute approximate surface area is 167 Å². The van der Waals surface area contributed by atoms with E-state index in [0.717, 1.165) is 10.4 Å². The molecule has 0 atom stereocenters. The van der Waals surface area contributed by atoms with Crippen LogP contribution in [0.3, 0.4) is 0 Å². The molecule has 0 saturated heterocycles. The Hall–Kier alpha value is -2.55. The van der Waals surface area contributed by atoms with Gasteiger partial charge in [-0.1, -0.05) is 24.3 Å². The normalized spacial score (nSPS) is 11.3. The van der Waals surface area contributed by atoms with Crippen LogP contribution in [0.15, 0.2) is 70.9 Å². The third-order valence-corrected chi connectivity index (χ3v) is 6.31. The Kier molecular flexibility index (Phi) is 6.56. The predicted molar refractivity (Wildman–Crippen MR) is 107 cm³/mol. The van der Waals surface area contributed by atoms with Gasteiger partial charge in [-0.15, -0.1) is 11.3 Å². The Morgan fingerprint density at radius 2 is 1.82 bits per heavy atom. The maximum atomic E-state index is 12.9. The number of halogens is 1. The summed E-state index contributed by atoms with van der Waals surface area (Å²) in [4.78, 5) is 13.3. The number of carbonyl (C=O) groups is 1. The molecule has 0 bridgehead atoms. The number of hydrogen-bond acceptors (Lipinski definition) is 4. The summed E-state index contributed by atoms with van der Waals surface area (Å²) in [6.07, 6.45) is 0.548. The molecule has 146 valence electrons. The lowest BCUT2D eigenvalue weighted by atomic mass is 10.1. The van der Waals surface area contributed by atoms with Gasteiger partial charge in [-0.3, -0.25) is 4.79 Å². The second-order valence-corrected chi connectivity index (χ2v) is 8.86. The summed E-state index contributed by atoms with van der Waals surface area (Å²) >= 11 is 1.46. The van der Waals surface area contributed by atoms with Gasteiger partial charge in [0.15, 0.2) is 0 Å². The van der Waals surface area contributed by atoms with Gasteiger partial charge in [-0.2, -0.15) is 0 Å². The fraction of sp³-hybridized carbons (Fsp3) is 0.150. The van der Waals surface area contributed by atoms with Crippen molar-refractivity contribution in [1.82, 2.24) is 10.0 Å². The molecule has 5 nitrogen and oxygen atoms in total. The lowest BCUT2D eigenvalue weighted by molar-refractivity contribution is 0.0954. The van der Waals surface area contributed by atoms with E-state index in [4.69, 9.17) is 0 Å². The molecule has 0 spiro atoms. The van der Waals surface area contributed by atoms with Crippen molar-refractivity contribution >= 4 is 27.3 Å². The van der Waals surface area contributed by atoms with Crippen LogP contribution in [0, 0.1) is 5.82 Å². The minimum atomic E-state index is -3.72. The van der Waals surface area contributed by atoms with Gasteiger partial charge in [0, 0.05) is 23.5 Å². The van der Waals surface area contributed by atoms with E-state index in [1.807, 2.05) is 17.5 Å². The van der Waals surface area contributed by atoms with Crippen LogP contribution >= 0.6 is 11.3 Å². The van der Waals surface area contributed by atoms with Gasteiger partial charge in [0.25, 0.3) is 5.91 Å². The molecule has 3 rings (SSSR count). The molecule has 0 unspecified atom stereocenters. The van der Waals surface area contributed by atoms with Crippen molar-refractivity contribution in [3.8, 4) is 0 Å². The zero-order valence-corrected chi connectivity index (χ0v) is 16.5. The van der Waals surface area contributed by atoms with Gasteiger partial charge >= 0.3 is 0 Å². The number of rotatable bonds is 8. The van der Waals surface area contributed by atoms with Crippen LogP contribution in [0.2, 0.25) is 0 Å². The van der Waals surface area contributed by atoms with Crippen molar-refractivity contribution in [2.24, 2.45) is 0 Å². The zero-order chi connectivity index (χ0) is 20.0. The summed E-state index contributed by atoms with van der Waals surface area (Å²) in [5.74, 6) is -0.670. The largest absolute Gasteiger partial charge is 0.352 e. The molecule has 2 aromatic carbocycles. The molecule has 0 aliphatic carbocycles. The van der Waals surface area contributed by atoms with E-state index in [0.29, 0.717) is 13.0 Å². The molecule has 0 saturated carbocycles. The molecule has 1 amide bonds. The highest BCUT2D eigenvalue weighted by molar-refractivity contribution is 7.89. The summed E-state index contributed by atoms with van der Waals surface area (Å²) in [6, 6.07) is 15.7. The van der Waals surface area contributed by atoms with Gasteiger partial charge in [0.2, 0.25) is 10.0 Å². The van der Waals surface area contributed by atoms with Gasteiger partial charge < -0.3 is 5.32 Å². The highest BCUT2D eigenvalue weighted by Crippen LogP contribution is 2.14. The number of sulfonamides is 1. The lowest BCUT2D eigenvalue weighted by Gasteiger charge is -2.09. The first-order valence-corrected chi connectivity index (χ1v) is 10.9. The number of amides is 1. The Balaban J connectivity index is 1.59. The third-order valence-electron chi connectivity index (χ3n) is 4.04. The van der Waals surface area contributed by atoms with Crippen LogP contribution in [0.25, 0.3) is 0 Å². The summed E-state index contributed by atoms with van der Waals surface area (Å²) in [5.41, 5.74) is 1.16. The third kappa shape index (κ3) is 5.48. The van der Waals surface area contributed by atoms with Gasteiger partial charge in [-0.25, -0.2) is 17.5 Å². The monoisotopic (exact) mass is 418 g/mol. The standard InChI is InChI=1S/C20H19FN2O3S2/c21-17-8-6-15(7-9-17)10-11-22-20(24)16-3-1-5-19(13-16)28(25,26)23-14-18-4-2-12-27-18/h1-9,12-13,23H,10-11,14H2,(H,22,24). The van der Waals surface area contributed by atoms with Crippen molar-refractivity contribution in [2.75, 3.05) is 6.54 Å². The van der Waals surface area contributed by atoms with E-state index in [1.54, 1.807) is 18.2 Å². The highest BCUT2D eigenvalue weighted by atomic mass is 32.2. The first-order chi connectivity index (χ1) is 13.4. The molecule has 1 aromatic heterocycles. The maximum absolute atomic E-state index is 12.9. The zero-order valence-electron chi connectivity index (χ0n) is 14.9. The molecular weight excluding hydrogens is 399 g/mol. The fourth-order valence-corrected chi connectivity index (χ4v) is 4.33. The van der Waals surface area contributed by atoms with Crippen molar-refractivity contribution < 1.29 is 17.6 Å². The molecule has 1 heterocycles. The molecule has 0 aliphatic rings. The Morgan fingerprint density at radius 1 is 1.04 bits per heavy atom. The molecule has 0 aliphatic heterocycles. The second-order valence-electron chi connectivity index (χ2n) is 6.06. The van der Waals surface area contributed by atoms with E-state index in [2.05, 4.69) is 10.0 Å². The Morgan fingerprint density at radius 3 is 2.54 bits per heavy atom. The first-order valence-electron chi connectivity index (χ1n) is 8.59. The molecular formula is C20H19FN2O3S2. The van der Waals surface area contributed by atoms with Crippen LogP contribution in [0.1, 0.15) is 20.8 Å². The number of nitrogens with one attached hydrogen (secondary N) is 2. The van der Waals surface area contributed by atoms with Crippen LogP contribution in [0.4, 0.5) is 4.39 Å². The summed E-state index contributed by atoms with van der Waals surface area (Å²) < 4.78 is 40.4. The summed E-state index contributed by atoms with van der Waals surface area (Å²) in [6.45, 7) is 0.562. The lowest BCUT2D eigenvalue weighted by Crippen LogP contribution is -2.27. The van der Waals surface area contributed by atoms with Crippen molar-refractivity contribution in [3.63, 3.8) is 0 Å². The van der Waals surface area contributed by atoms with Crippen molar-refractivity contribution in [2.45, 2.75) is 17.9 Å². The first kappa shape index (κ1) is 20.2. The minimum Gasteiger partial charge on any atom is -0.352 e. The van der Waals surface area contributed by atoms with E-state index in [-0.39, 0.29) is 28.7 Å². The van der Waals surface area contributed by atoms with Crippen molar-refractivity contribution in [3.05, 3.63) is 87.9 Å². The maximum Gasteiger partial charge on any atom is 0.251 e. The average Bonchev–Trinajstić information content (AvgIpc) is 3.22. The SMILES string of the molecule is O=C(NCCc1ccc(F)cc1)c1cccc(S(=O)(=O)NCc2cccs2)c1. The topological polar surface area (TPSA) is 75.3 Å². The summed E-state index contributed by atoms with van der Waals surface area (Å²) in [5, 5.41) is 4.62. The molecule has 0 radical (unpaired) electrons. The van der Waals surface area contributed by atoms with Gasteiger partial charge in [-0.05, 0) is 53.8 Å². The highest BCUT2D eigenvalue weighted by Gasteiger charge is 2.16. The molecule has 3 aromatic rings. The number of hydrogen-bond donors (Lipinski definition) is 2. The van der Waals surface area contributed by atoms with Crippen LogP contribution in [-0.4, -0.2) is 20.9 Å². The van der Waals surface area contributed by atoms with Crippen LogP contribution < -0.4 is 10.0 Å². The smallest absolute Gasteiger partial charge is 0.251 e. The fourth-order valence-electron chi connectivity index (χ4n) is 2.54. The van der Waals surface area contributed by atoms with Gasteiger partial charge in [0.05, 0.1) is 4.90 Å². The Bertz CT molecular complexity index is 1030. The number of carbonyl (C=O) groups excluding carboxylic acids is 1. The van der Waals surface area contributed by atoms with Crippen LogP contribution in [0.5, 0.6) is 0 Å². The van der Waals surface area contributed by atoms with Crippen molar-refractivity contribution in [1.29, 1.82) is 0 Å². The van der Waals surface area contributed by atoms with Crippen LogP contribution in [-0.2, 0) is 23.0 Å². The molecule has 2 N–H and O–H groups in total. The molecule has 0 fully saturated rings. The molecule has 28 heavy (non-hydrogen) atoms. The number of benzene rings is 2.